The minimum absolute atomic E-state index is 0.197. The first-order valence-corrected chi connectivity index (χ1v) is 8.15. The van der Waals surface area contributed by atoms with E-state index in [2.05, 4.69) is 24.8 Å². The van der Waals surface area contributed by atoms with Gasteiger partial charge < -0.3 is 4.74 Å². The molecule has 0 atom stereocenters. The van der Waals surface area contributed by atoms with Crippen molar-refractivity contribution in [2.75, 3.05) is 19.7 Å². The zero-order valence-electron chi connectivity index (χ0n) is 13.2. The molecule has 0 radical (unpaired) electrons. The van der Waals surface area contributed by atoms with Gasteiger partial charge in [-0.05, 0) is 64.3 Å². The molecule has 1 saturated heterocycles. The number of Topliss-reactive ketones (excluding diaryl/α,β-unsaturated/α-hetero) is 1. The first-order valence-electron chi connectivity index (χ1n) is 8.15. The molecule has 0 spiro atoms. The van der Waals surface area contributed by atoms with Crippen LogP contribution in [0.25, 0.3) is 0 Å². The number of aryl methyl sites for hydroxylation is 1. The number of nitrogens with zero attached hydrogens (tertiary/aromatic N) is 1. The van der Waals surface area contributed by atoms with Crippen molar-refractivity contribution < 1.29 is 9.53 Å². The Labute approximate surface area is 127 Å². The second kappa shape index (κ2) is 5.80. The predicted octanol–water partition coefficient (Wildman–Crippen LogP) is 3.46. The van der Waals surface area contributed by atoms with Gasteiger partial charge in [0, 0.05) is 0 Å². The van der Waals surface area contributed by atoms with Crippen molar-refractivity contribution in [3.8, 4) is 5.75 Å². The van der Waals surface area contributed by atoms with Gasteiger partial charge in [-0.1, -0.05) is 18.6 Å². The Morgan fingerprint density at radius 2 is 1.90 bits per heavy atom. The maximum absolute atomic E-state index is 13.1. The number of carbonyl (C=O) groups is 1. The Bertz CT molecular complexity index is 530. The van der Waals surface area contributed by atoms with Crippen LogP contribution in [-0.2, 0) is 6.42 Å². The van der Waals surface area contributed by atoms with Crippen molar-refractivity contribution in [3.05, 3.63) is 29.3 Å². The third-order valence-corrected chi connectivity index (χ3v) is 4.88. The van der Waals surface area contributed by atoms with Crippen LogP contribution >= 0.6 is 0 Å². The number of ketones is 1. The molecule has 0 aliphatic carbocycles. The zero-order valence-corrected chi connectivity index (χ0v) is 13.2. The number of hydrogen-bond donors (Lipinski definition) is 0. The Balaban J connectivity index is 1.90. The van der Waals surface area contributed by atoms with Gasteiger partial charge in [0.2, 0.25) is 0 Å². The van der Waals surface area contributed by atoms with E-state index in [0.29, 0.717) is 0 Å². The lowest BCUT2D eigenvalue weighted by Gasteiger charge is -2.40. The van der Waals surface area contributed by atoms with Gasteiger partial charge in [0.15, 0.2) is 5.78 Å². The maximum atomic E-state index is 13.1. The zero-order chi connectivity index (χ0) is 14.9. The molecule has 0 bridgehead atoms. The van der Waals surface area contributed by atoms with Crippen LogP contribution in [0, 0.1) is 0 Å². The van der Waals surface area contributed by atoms with E-state index < -0.39 is 5.54 Å². The van der Waals surface area contributed by atoms with Gasteiger partial charge in [0.05, 0.1) is 17.7 Å². The van der Waals surface area contributed by atoms with E-state index in [0.717, 1.165) is 43.9 Å². The van der Waals surface area contributed by atoms with Gasteiger partial charge in [-0.2, -0.15) is 0 Å². The van der Waals surface area contributed by atoms with E-state index in [1.807, 2.05) is 12.1 Å². The highest BCUT2D eigenvalue weighted by molar-refractivity contribution is 6.05. The smallest absolute Gasteiger partial charge is 0.186 e. The summed E-state index contributed by atoms with van der Waals surface area (Å²) in [7, 11) is 0. The first kappa shape index (κ1) is 14.6. The van der Waals surface area contributed by atoms with Crippen LogP contribution in [0.2, 0.25) is 0 Å². The van der Waals surface area contributed by atoms with Crippen molar-refractivity contribution in [1.82, 2.24) is 4.90 Å². The van der Waals surface area contributed by atoms with Gasteiger partial charge in [-0.15, -0.1) is 0 Å². The summed E-state index contributed by atoms with van der Waals surface area (Å²) in [5.41, 5.74) is 1.50. The molecule has 3 nitrogen and oxygen atoms in total. The van der Waals surface area contributed by atoms with Crippen LogP contribution in [0.4, 0.5) is 0 Å². The SMILES string of the molecule is CC(C)(C(=O)c1cccc2c1OCCC2)N1CCCCC1. The number of hydrogen-bond acceptors (Lipinski definition) is 3. The van der Waals surface area contributed by atoms with Gasteiger partial charge in [-0.3, -0.25) is 9.69 Å². The number of fused-ring (bicyclic) bond motifs is 1. The van der Waals surface area contributed by atoms with E-state index >= 15 is 0 Å². The molecule has 114 valence electrons. The summed E-state index contributed by atoms with van der Waals surface area (Å²) in [6, 6.07) is 6.00. The van der Waals surface area contributed by atoms with E-state index in [1.165, 1.54) is 24.8 Å². The Morgan fingerprint density at radius 1 is 1.14 bits per heavy atom. The monoisotopic (exact) mass is 287 g/mol. The lowest BCUT2D eigenvalue weighted by Crippen LogP contribution is -2.52. The number of ether oxygens (including phenoxy) is 1. The van der Waals surface area contributed by atoms with Gasteiger partial charge >= 0.3 is 0 Å². The fourth-order valence-corrected chi connectivity index (χ4v) is 3.49. The molecule has 1 aromatic rings. The predicted molar refractivity (Wildman–Crippen MR) is 84.1 cm³/mol. The molecule has 1 fully saturated rings. The average molecular weight is 287 g/mol. The number of piperidine rings is 1. The van der Waals surface area contributed by atoms with Crippen LogP contribution in [0.1, 0.15) is 55.5 Å². The quantitative estimate of drug-likeness (QED) is 0.797. The summed E-state index contributed by atoms with van der Waals surface area (Å²) < 4.78 is 5.82. The maximum Gasteiger partial charge on any atom is 0.186 e. The van der Waals surface area contributed by atoms with Crippen LogP contribution in [0.5, 0.6) is 5.75 Å². The standard InChI is InChI=1S/C18H25NO2/c1-18(2,19-11-4-3-5-12-19)17(20)15-10-6-8-14-9-7-13-21-16(14)15/h6,8,10H,3-5,7,9,11-13H2,1-2H3. The molecule has 1 aromatic carbocycles. The number of likely N-dealkylation sites (tertiary alicyclic amines) is 1. The molecule has 0 saturated carbocycles. The van der Waals surface area contributed by atoms with E-state index in [-0.39, 0.29) is 5.78 Å². The third kappa shape index (κ3) is 2.71. The van der Waals surface area contributed by atoms with Gasteiger partial charge in [0.25, 0.3) is 0 Å². The summed E-state index contributed by atoms with van der Waals surface area (Å²) >= 11 is 0. The lowest BCUT2D eigenvalue weighted by atomic mass is 9.87. The van der Waals surface area contributed by atoms with Crippen molar-refractivity contribution in [2.45, 2.75) is 51.5 Å². The molecule has 2 aliphatic heterocycles. The van der Waals surface area contributed by atoms with Crippen LogP contribution in [0.3, 0.4) is 0 Å². The molecule has 2 heterocycles. The molecular weight excluding hydrogens is 262 g/mol. The molecule has 0 N–H and O–H groups in total. The lowest BCUT2D eigenvalue weighted by molar-refractivity contribution is 0.0574. The third-order valence-electron chi connectivity index (χ3n) is 4.88. The number of para-hydroxylation sites is 1. The Kier molecular flexibility index (Phi) is 4.03. The van der Waals surface area contributed by atoms with E-state index in [9.17, 15) is 4.79 Å². The molecule has 3 rings (SSSR count). The molecule has 3 heteroatoms. The van der Waals surface area contributed by atoms with Crippen molar-refractivity contribution in [1.29, 1.82) is 0 Å². The molecule has 0 aromatic heterocycles. The summed E-state index contributed by atoms with van der Waals surface area (Å²) in [5.74, 6) is 1.03. The highest BCUT2D eigenvalue weighted by Crippen LogP contribution is 2.33. The topological polar surface area (TPSA) is 29.5 Å². The summed E-state index contributed by atoms with van der Waals surface area (Å²) in [6.07, 6.45) is 5.73. The van der Waals surface area contributed by atoms with Crippen LogP contribution in [-0.4, -0.2) is 35.9 Å². The summed E-state index contributed by atoms with van der Waals surface area (Å²) in [6.45, 7) is 6.89. The minimum atomic E-state index is -0.448. The van der Waals surface area contributed by atoms with Crippen LogP contribution in [0.15, 0.2) is 18.2 Å². The van der Waals surface area contributed by atoms with Crippen molar-refractivity contribution in [2.24, 2.45) is 0 Å². The highest BCUT2D eigenvalue weighted by atomic mass is 16.5. The Hall–Kier alpha value is -1.35. The van der Waals surface area contributed by atoms with E-state index in [1.54, 1.807) is 0 Å². The molecule has 2 aliphatic rings. The molecule has 0 unspecified atom stereocenters. The number of rotatable bonds is 3. The van der Waals surface area contributed by atoms with Gasteiger partial charge in [0.1, 0.15) is 5.75 Å². The number of benzene rings is 1. The summed E-state index contributed by atoms with van der Waals surface area (Å²) in [5, 5.41) is 0. The second-order valence-corrected chi connectivity index (χ2v) is 6.68. The Morgan fingerprint density at radius 3 is 2.67 bits per heavy atom. The fraction of sp³-hybridized carbons (Fsp3) is 0.611. The van der Waals surface area contributed by atoms with Crippen LogP contribution < -0.4 is 4.74 Å². The molecule has 21 heavy (non-hydrogen) atoms. The normalized spacial score (nSPS) is 19.7. The molecular formula is C18H25NO2. The number of carbonyl (C=O) groups excluding carboxylic acids is 1. The molecule has 0 amide bonds. The van der Waals surface area contributed by atoms with Crippen molar-refractivity contribution in [3.63, 3.8) is 0 Å². The largest absolute Gasteiger partial charge is 0.493 e. The minimum Gasteiger partial charge on any atom is -0.493 e. The van der Waals surface area contributed by atoms with E-state index in [4.69, 9.17) is 4.74 Å². The second-order valence-electron chi connectivity index (χ2n) is 6.68. The first-order chi connectivity index (χ1) is 10.1. The average Bonchev–Trinajstić information content (AvgIpc) is 2.54. The highest BCUT2D eigenvalue weighted by Gasteiger charge is 2.37. The van der Waals surface area contributed by atoms with Gasteiger partial charge in [-0.25, -0.2) is 0 Å². The van der Waals surface area contributed by atoms with Crippen molar-refractivity contribution >= 4 is 5.78 Å². The fourth-order valence-electron chi connectivity index (χ4n) is 3.49. The summed E-state index contributed by atoms with van der Waals surface area (Å²) in [4.78, 5) is 15.5.